The summed E-state index contributed by atoms with van der Waals surface area (Å²) in [5.41, 5.74) is 0.317. The van der Waals surface area contributed by atoms with Gasteiger partial charge in [0, 0.05) is 12.1 Å². The second-order valence-corrected chi connectivity index (χ2v) is 6.32. The number of nitrogens with one attached hydrogen (secondary N) is 1. The van der Waals surface area contributed by atoms with Crippen molar-refractivity contribution in [3.63, 3.8) is 0 Å². The number of ether oxygens (including phenoxy) is 2. The zero-order chi connectivity index (χ0) is 19.3. The molecule has 1 heterocycles. The van der Waals surface area contributed by atoms with Gasteiger partial charge in [0.2, 0.25) is 5.91 Å². The lowest BCUT2D eigenvalue weighted by Crippen LogP contribution is -2.52. The van der Waals surface area contributed by atoms with Gasteiger partial charge in [-0.3, -0.25) is 9.59 Å². The quantitative estimate of drug-likeness (QED) is 0.784. The normalized spacial score (nSPS) is 19.6. The van der Waals surface area contributed by atoms with E-state index in [9.17, 15) is 19.5 Å². The number of methoxy groups -OCH3 is 2. The molecule has 0 saturated carbocycles. The molecule has 0 radical (unpaired) electrons. The first-order chi connectivity index (χ1) is 12.4. The highest BCUT2D eigenvalue weighted by molar-refractivity contribution is 5.97. The number of amides is 2. The van der Waals surface area contributed by atoms with Gasteiger partial charge in [0.15, 0.2) is 11.5 Å². The predicted octanol–water partition coefficient (Wildman–Crippen LogP) is 1.15. The van der Waals surface area contributed by atoms with Crippen molar-refractivity contribution >= 4 is 17.8 Å². The fourth-order valence-corrected chi connectivity index (χ4v) is 3.01. The largest absolute Gasteiger partial charge is 0.493 e. The molecule has 8 heteroatoms. The number of hydrogen-bond donors (Lipinski definition) is 2. The number of carbonyl (C=O) groups is 3. The number of carboxylic acids is 1. The summed E-state index contributed by atoms with van der Waals surface area (Å²) in [6, 6.07) is 3.83. The predicted molar refractivity (Wildman–Crippen MR) is 93.4 cm³/mol. The summed E-state index contributed by atoms with van der Waals surface area (Å²) in [5.74, 6) is -0.721. The number of aliphatic carboxylic acids is 1. The molecule has 1 aliphatic heterocycles. The van der Waals surface area contributed by atoms with Crippen LogP contribution >= 0.6 is 0 Å². The van der Waals surface area contributed by atoms with Gasteiger partial charge in [-0.15, -0.1) is 0 Å². The summed E-state index contributed by atoms with van der Waals surface area (Å²) in [6.07, 6.45) is 1.17. The number of likely N-dealkylation sites (tertiary alicyclic amines) is 1. The molecule has 1 aromatic carbocycles. The molecule has 8 nitrogen and oxygen atoms in total. The van der Waals surface area contributed by atoms with Crippen molar-refractivity contribution < 1.29 is 29.0 Å². The Hall–Kier alpha value is -2.77. The van der Waals surface area contributed by atoms with E-state index in [-0.39, 0.29) is 12.5 Å². The summed E-state index contributed by atoms with van der Waals surface area (Å²) in [6.45, 7) is 2.09. The van der Waals surface area contributed by atoms with E-state index in [4.69, 9.17) is 9.47 Å². The fraction of sp³-hybridized carbons (Fsp3) is 0.500. The van der Waals surface area contributed by atoms with Gasteiger partial charge in [-0.25, -0.2) is 4.79 Å². The van der Waals surface area contributed by atoms with Crippen LogP contribution in [0, 0.1) is 5.92 Å². The van der Waals surface area contributed by atoms with Crippen LogP contribution in [0.25, 0.3) is 0 Å². The van der Waals surface area contributed by atoms with Crippen LogP contribution in [0.4, 0.5) is 0 Å². The minimum absolute atomic E-state index is 0.251. The molecule has 2 amide bonds. The molecule has 2 N–H and O–H groups in total. The molecule has 2 atom stereocenters. The van der Waals surface area contributed by atoms with Crippen LogP contribution in [0.3, 0.4) is 0 Å². The van der Waals surface area contributed by atoms with E-state index >= 15 is 0 Å². The molecule has 1 saturated heterocycles. The number of carbonyl (C=O) groups excluding carboxylic acids is 2. The highest BCUT2D eigenvalue weighted by Gasteiger charge is 2.34. The number of piperidine rings is 1. The topological polar surface area (TPSA) is 105 Å². The average Bonchev–Trinajstić information content (AvgIpc) is 2.64. The molecular formula is C18H24N2O6. The van der Waals surface area contributed by atoms with Crippen molar-refractivity contribution in [1.29, 1.82) is 0 Å². The molecule has 1 aromatic rings. The van der Waals surface area contributed by atoms with E-state index < -0.39 is 23.8 Å². The molecule has 1 aliphatic rings. The Morgan fingerprint density at radius 1 is 1.23 bits per heavy atom. The lowest BCUT2D eigenvalue weighted by atomic mass is 9.92. The van der Waals surface area contributed by atoms with Gasteiger partial charge in [0.25, 0.3) is 5.91 Å². The first-order valence-corrected chi connectivity index (χ1v) is 8.39. The zero-order valence-corrected chi connectivity index (χ0v) is 15.2. The molecule has 0 spiro atoms. The maximum Gasteiger partial charge on any atom is 0.326 e. The molecule has 0 bridgehead atoms. The Kier molecular flexibility index (Phi) is 6.43. The van der Waals surface area contributed by atoms with Crippen LogP contribution in [0.1, 0.15) is 30.1 Å². The Balaban J connectivity index is 2.00. The minimum atomic E-state index is -1.02. The van der Waals surface area contributed by atoms with Crippen molar-refractivity contribution in [3.8, 4) is 11.5 Å². The van der Waals surface area contributed by atoms with Gasteiger partial charge in [-0.1, -0.05) is 6.92 Å². The van der Waals surface area contributed by atoms with Gasteiger partial charge in [-0.05, 0) is 37.0 Å². The van der Waals surface area contributed by atoms with Crippen molar-refractivity contribution in [2.24, 2.45) is 5.92 Å². The number of benzene rings is 1. The molecular weight excluding hydrogens is 340 g/mol. The van der Waals surface area contributed by atoms with Gasteiger partial charge in [0.05, 0.1) is 20.8 Å². The van der Waals surface area contributed by atoms with E-state index in [1.807, 2.05) is 6.92 Å². The highest BCUT2D eigenvalue weighted by Crippen LogP contribution is 2.27. The van der Waals surface area contributed by atoms with E-state index in [2.05, 4.69) is 5.32 Å². The standard InChI is InChI=1S/C18H24N2O6/c1-11-6-7-20(13(8-11)18(23)24)16(21)10-19-17(22)12-4-5-14(25-2)15(9-12)26-3/h4-5,9,11,13H,6-8,10H2,1-3H3,(H,19,22)(H,23,24). The van der Waals surface area contributed by atoms with E-state index in [1.54, 1.807) is 12.1 Å². The Bertz CT molecular complexity index is 690. The number of rotatable bonds is 6. The van der Waals surface area contributed by atoms with Crippen molar-refractivity contribution in [3.05, 3.63) is 23.8 Å². The molecule has 142 valence electrons. The lowest BCUT2D eigenvalue weighted by molar-refractivity contribution is -0.152. The van der Waals surface area contributed by atoms with Crippen LogP contribution in [0.2, 0.25) is 0 Å². The summed E-state index contributed by atoms with van der Waals surface area (Å²) in [5, 5.41) is 11.9. The maximum absolute atomic E-state index is 12.4. The van der Waals surface area contributed by atoms with E-state index in [0.717, 1.165) is 6.42 Å². The fourth-order valence-electron chi connectivity index (χ4n) is 3.01. The van der Waals surface area contributed by atoms with E-state index in [0.29, 0.717) is 30.0 Å². The average molecular weight is 364 g/mol. The smallest absolute Gasteiger partial charge is 0.326 e. The second kappa shape index (κ2) is 8.55. The van der Waals surface area contributed by atoms with Gasteiger partial charge in [0.1, 0.15) is 6.04 Å². The van der Waals surface area contributed by atoms with Crippen LogP contribution < -0.4 is 14.8 Å². The molecule has 26 heavy (non-hydrogen) atoms. The lowest BCUT2D eigenvalue weighted by Gasteiger charge is -2.36. The Morgan fingerprint density at radius 2 is 1.92 bits per heavy atom. The van der Waals surface area contributed by atoms with Crippen molar-refractivity contribution in [2.45, 2.75) is 25.8 Å². The Labute approximate surface area is 152 Å². The van der Waals surface area contributed by atoms with Gasteiger partial charge < -0.3 is 24.8 Å². The summed E-state index contributed by atoms with van der Waals surface area (Å²) in [4.78, 5) is 37.4. The number of hydrogen-bond acceptors (Lipinski definition) is 5. The SMILES string of the molecule is COc1ccc(C(=O)NCC(=O)N2CCC(C)CC2C(=O)O)cc1OC. The van der Waals surface area contributed by atoms with Crippen molar-refractivity contribution in [1.82, 2.24) is 10.2 Å². The molecule has 2 unspecified atom stereocenters. The van der Waals surface area contributed by atoms with Crippen molar-refractivity contribution in [2.75, 3.05) is 27.3 Å². The molecule has 0 aromatic heterocycles. The summed E-state index contributed by atoms with van der Waals surface area (Å²) < 4.78 is 10.3. The Morgan fingerprint density at radius 3 is 2.54 bits per heavy atom. The second-order valence-electron chi connectivity index (χ2n) is 6.32. The van der Waals surface area contributed by atoms with Gasteiger partial charge >= 0.3 is 5.97 Å². The number of nitrogens with zero attached hydrogens (tertiary/aromatic N) is 1. The zero-order valence-electron chi connectivity index (χ0n) is 15.2. The molecule has 0 aliphatic carbocycles. The van der Waals surface area contributed by atoms with Crippen LogP contribution in [-0.4, -0.2) is 61.1 Å². The third kappa shape index (κ3) is 4.44. The number of carboxylic acid groups (broad SMARTS) is 1. The summed E-state index contributed by atoms with van der Waals surface area (Å²) in [7, 11) is 2.96. The summed E-state index contributed by atoms with van der Waals surface area (Å²) >= 11 is 0. The minimum Gasteiger partial charge on any atom is -0.493 e. The first kappa shape index (κ1) is 19.6. The molecule has 2 rings (SSSR count). The highest BCUT2D eigenvalue weighted by atomic mass is 16.5. The molecule has 1 fully saturated rings. The monoisotopic (exact) mass is 364 g/mol. The van der Waals surface area contributed by atoms with Crippen LogP contribution in [0.5, 0.6) is 11.5 Å². The third-order valence-corrected chi connectivity index (χ3v) is 4.52. The van der Waals surface area contributed by atoms with Crippen LogP contribution in [0.15, 0.2) is 18.2 Å². The maximum atomic E-state index is 12.4. The van der Waals surface area contributed by atoms with Gasteiger partial charge in [-0.2, -0.15) is 0 Å². The van der Waals surface area contributed by atoms with E-state index in [1.165, 1.54) is 25.2 Å². The third-order valence-electron chi connectivity index (χ3n) is 4.52. The first-order valence-electron chi connectivity index (χ1n) is 8.39. The van der Waals surface area contributed by atoms with Crippen LogP contribution in [-0.2, 0) is 9.59 Å².